The van der Waals surface area contributed by atoms with E-state index in [1.807, 2.05) is 4.90 Å². The first-order valence-electron chi connectivity index (χ1n) is 5.22. The highest BCUT2D eigenvalue weighted by Crippen LogP contribution is 2.08. The van der Waals surface area contributed by atoms with Gasteiger partial charge in [-0.25, -0.2) is 9.97 Å². The Morgan fingerprint density at radius 3 is 2.44 bits per heavy atom. The summed E-state index contributed by atoms with van der Waals surface area (Å²) in [5, 5.41) is 8.67. The van der Waals surface area contributed by atoms with Gasteiger partial charge in [-0.05, 0) is 6.07 Å². The van der Waals surface area contributed by atoms with Crippen molar-refractivity contribution in [2.75, 3.05) is 37.6 Å². The molecule has 0 atom stereocenters. The van der Waals surface area contributed by atoms with Crippen molar-refractivity contribution in [1.29, 1.82) is 0 Å². The van der Waals surface area contributed by atoms with Gasteiger partial charge in [0.05, 0.1) is 6.54 Å². The minimum atomic E-state index is -0.774. The van der Waals surface area contributed by atoms with E-state index in [0.29, 0.717) is 0 Å². The van der Waals surface area contributed by atoms with Crippen LogP contribution in [0.2, 0.25) is 0 Å². The largest absolute Gasteiger partial charge is 0.480 e. The van der Waals surface area contributed by atoms with Crippen molar-refractivity contribution < 1.29 is 9.90 Å². The first-order chi connectivity index (χ1) is 7.75. The Balaban J connectivity index is 1.88. The molecule has 1 saturated heterocycles. The van der Waals surface area contributed by atoms with Crippen LogP contribution >= 0.6 is 0 Å². The third-order valence-corrected chi connectivity index (χ3v) is 2.57. The molecule has 0 radical (unpaired) electrons. The lowest BCUT2D eigenvalue weighted by atomic mass is 10.3. The molecule has 0 unspecified atom stereocenters. The number of hydrogen-bond acceptors (Lipinski definition) is 5. The summed E-state index contributed by atoms with van der Waals surface area (Å²) in [7, 11) is 0. The van der Waals surface area contributed by atoms with Crippen LogP contribution in [0.1, 0.15) is 0 Å². The summed E-state index contributed by atoms with van der Waals surface area (Å²) in [5.41, 5.74) is 0. The highest BCUT2D eigenvalue weighted by atomic mass is 16.4. The highest BCUT2D eigenvalue weighted by molar-refractivity contribution is 5.69. The standard InChI is InChI=1S/C10H14N4O2/c15-9(16)8-13-4-6-14(7-5-13)10-11-2-1-3-12-10/h1-3H,4-8H2,(H,15,16). The molecule has 1 fully saturated rings. The molecule has 1 aliphatic rings. The second kappa shape index (κ2) is 4.89. The quantitative estimate of drug-likeness (QED) is 0.756. The van der Waals surface area contributed by atoms with Crippen LogP contribution in [-0.4, -0.2) is 58.7 Å². The SMILES string of the molecule is O=C(O)CN1CCN(c2ncccn2)CC1. The maximum Gasteiger partial charge on any atom is 0.317 e. The summed E-state index contributed by atoms with van der Waals surface area (Å²) in [6.07, 6.45) is 3.43. The Morgan fingerprint density at radius 1 is 1.25 bits per heavy atom. The van der Waals surface area contributed by atoms with Gasteiger partial charge in [-0.15, -0.1) is 0 Å². The van der Waals surface area contributed by atoms with Crippen LogP contribution in [0.4, 0.5) is 5.95 Å². The van der Waals surface area contributed by atoms with E-state index in [1.54, 1.807) is 18.5 Å². The van der Waals surface area contributed by atoms with Crippen molar-refractivity contribution in [3.63, 3.8) is 0 Å². The second-order valence-electron chi connectivity index (χ2n) is 3.71. The predicted molar refractivity (Wildman–Crippen MR) is 58.3 cm³/mol. The molecule has 1 N–H and O–H groups in total. The van der Waals surface area contributed by atoms with E-state index in [1.165, 1.54) is 0 Å². The third-order valence-electron chi connectivity index (χ3n) is 2.57. The van der Waals surface area contributed by atoms with E-state index >= 15 is 0 Å². The number of nitrogens with zero attached hydrogens (tertiary/aromatic N) is 4. The van der Waals surface area contributed by atoms with Gasteiger partial charge >= 0.3 is 5.97 Å². The molecule has 0 amide bonds. The van der Waals surface area contributed by atoms with Crippen molar-refractivity contribution in [3.8, 4) is 0 Å². The summed E-state index contributed by atoms with van der Waals surface area (Å²) >= 11 is 0. The lowest BCUT2D eigenvalue weighted by Crippen LogP contribution is -2.48. The van der Waals surface area contributed by atoms with Crippen LogP contribution in [0, 0.1) is 0 Å². The van der Waals surface area contributed by atoms with Crippen LogP contribution in [0.5, 0.6) is 0 Å². The van der Waals surface area contributed by atoms with Crippen molar-refractivity contribution in [2.24, 2.45) is 0 Å². The lowest BCUT2D eigenvalue weighted by Gasteiger charge is -2.33. The Kier molecular flexibility index (Phi) is 3.31. The van der Waals surface area contributed by atoms with Gasteiger partial charge in [-0.3, -0.25) is 9.69 Å². The van der Waals surface area contributed by atoms with Crippen molar-refractivity contribution in [2.45, 2.75) is 0 Å². The molecule has 1 aromatic heterocycles. The van der Waals surface area contributed by atoms with Gasteiger partial charge in [0.2, 0.25) is 5.95 Å². The molecule has 1 aromatic rings. The van der Waals surface area contributed by atoms with Gasteiger partial charge in [-0.1, -0.05) is 0 Å². The molecule has 16 heavy (non-hydrogen) atoms. The summed E-state index contributed by atoms with van der Waals surface area (Å²) in [6.45, 7) is 3.15. The molecule has 0 bridgehead atoms. The van der Waals surface area contributed by atoms with E-state index in [-0.39, 0.29) is 6.54 Å². The van der Waals surface area contributed by atoms with Crippen LogP contribution in [0.15, 0.2) is 18.5 Å². The summed E-state index contributed by atoms with van der Waals surface area (Å²) < 4.78 is 0. The van der Waals surface area contributed by atoms with E-state index in [9.17, 15) is 4.79 Å². The molecule has 0 spiro atoms. The number of aliphatic carboxylic acids is 1. The summed E-state index contributed by atoms with van der Waals surface area (Å²) in [4.78, 5) is 22.9. The second-order valence-corrected chi connectivity index (χ2v) is 3.71. The van der Waals surface area contributed by atoms with Gasteiger partial charge in [0.25, 0.3) is 0 Å². The molecule has 2 rings (SSSR count). The number of carbonyl (C=O) groups is 1. The molecule has 0 aliphatic carbocycles. The van der Waals surface area contributed by atoms with Crippen LogP contribution in [-0.2, 0) is 4.79 Å². The first-order valence-corrected chi connectivity index (χ1v) is 5.22. The maximum absolute atomic E-state index is 10.5. The lowest BCUT2D eigenvalue weighted by molar-refractivity contribution is -0.138. The fourth-order valence-electron chi connectivity index (χ4n) is 1.75. The number of hydrogen-bond donors (Lipinski definition) is 1. The summed E-state index contributed by atoms with van der Waals surface area (Å²) in [5.74, 6) is -0.0538. The third kappa shape index (κ3) is 2.66. The smallest absolute Gasteiger partial charge is 0.317 e. The van der Waals surface area contributed by atoms with E-state index in [0.717, 1.165) is 32.1 Å². The topological polar surface area (TPSA) is 69.6 Å². The van der Waals surface area contributed by atoms with Crippen molar-refractivity contribution in [3.05, 3.63) is 18.5 Å². The fraction of sp³-hybridized carbons (Fsp3) is 0.500. The zero-order chi connectivity index (χ0) is 11.4. The minimum Gasteiger partial charge on any atom is -0.480 e. The Morgan fingerprint density at radius 2 is 1.88 bits per heavy atom. The number of piperazine rings is 1. The normalized spacial score (nSPS) is 17.4. The molecule has 6 heteroatoms. The average Bonchev–Trinajstić information content (AvgIpc) is 2.30. The maximum atomic E-state index is 10.5. The van der Waals surface area contributed by atoms with Gasteiger partial charge in [0.15, 0.2) is 0 Å². The van der Waals surface area contributed by atoms with Gasteiger partial charge < -0.3 is 10.0 Å². The zero-order valence-corrected chi connectivity index (χ0v) is 8.91. The average molecular weight is 222 g/mol. The zero-order valence-electron chi connectivity index (χ0n) is 8.91. The summed E-state index contributed by atoms with van der Waals surface area (Å²) in [6, 6.07) is 1.78. The minimum absolute atomic E-state index is 0.115. The molecular formula is C10H14N4O2. The first kappa shape index (κ1) is 10.8. The molecule has 0 aromatic carbocycles. The van der Waals surface area contributed by atoms with Crippen molar-refractivity contribution in [1.82, 2.24) is 14.9 Å². The number of anilines is 1. The number of carboxylic acid groups (broad SMARTS) is 1. The highest BCUT2D eigenvalue weighted by Gasteiger charge is 2.19. The van der Waals surface area contributed by atoms with E-state index in [4.69, 9.17) is 5.11 Å². The predicted octanol–water partition coefficient (Wildman–Crippen LogP) is -0.317. The molecule has 0 saturated carbocycles. The number of rotatable bonds is 3. The molecule has 86 valence electrons. The monoisotopic (exact) mass is 222 g/mol. The Labute approximate surface area is 93.5 Å². The Hall–Kier alpha value is -1.69. The van der Waals surface area contributed by atoms with E-state index in [2.05, 4.69) is 14.9 Å². The van der Waals surface area contributed by atoms with Crippen LogP contribution in [0.25, 0.3) is 0 Å². The van der Waals surface area contributed by atoms with Crippen LogP contribution in [0.3, 0.4) is 0 Å². The van der Waals surface area contributed by atoms with E-state index < -0.39 is 5.97 Å². The number of carboxylic acids is 1. The number of aromatic nitrogens is 2. The van der Waals surface area contributed by atoms with Gasteiger partial charge in [-0.2, -0.15) is 0 Å². The van der Waals surface area contributed by atoms with Crippen LogP contribution < -0.4 is 4.90 Å². The molecule has 1 aliphatic heterocycles. The molecule has 6 nitrogen and oxygen atoms in total. The van der Waals surface area contributed by atoms with Crippen molar-refractivity contribution >= 4 is 11.9 Å². The molecule has 2 heterocycles. The fourth-order valence-corrected chi connectivity index (χ4v) is 1.75. The van der Waals surface area contributed by atoms with Gasteiger partial charge in [0, 0.05) is 38.6 Å². The van der Waals surface area contributed by atoms with Gasteiger partial charge in [0.1, 0.15) is 0 Å². The molecular weight excluding hydrogens is 208 g/mol. The Bertz CT molecular complexity index is 349.